The second-order valence-electron chi connectivity index (χ2n) is 4.09. The minimum absolute atomic E-state index is 0.275. The van der Waals surface area contributed by atoms with E-state index < -0.39 is 0 Å². The molecule has 7 heteroatoms. The molecule has 2 N–H and O–H groups in total. The van der Waals surface area contributed by atoms with Gasteiger partial charge in [-0.25, -0.2) is 10.0 Å². The normalized spacial score (nSPS) is 14.3. The van der Waals surface area contributed by atoms with Gasteiger partial charge in [-0.3, -0.25) is 15.5 Å². The Morgan fingerprint density at radius 1 is 1.30 bits per heavy atom. The van der Waals surface area contributed by atoms with Crippen LogP contribution in [0.2, 0.25) is 5.02 Å². The zero-order valence-electron chi connectivity index (χ0n) is 10.3. The van der Waals surface area contributed by atoms with Crippen LogP contribution in [0.25, 0.3) is 11.3 Å². The maximum atomic E-state index is 9.61. The highest BCUT2D eigenvalue weighted by Gasteiger charge is 2.12. The Bertz CT molecular complexity index is 663. The van der Waals surface area contributed by atoms with E-state index in [-0.39, 0.29) is 6.01 Å². The summed E-state index contributed by atoms with van der Waals surface area (Å²) >= 11 is 5.84. The maximum absolute atomic E-state index is 9.61. The molecule has 102 valence electrons. The molecule has 0 spiro atoms. The molecule has 0 fully saturated rings. The molecule has 0 aliphatic carbocycles. The van der Waals surface area contributed by atoms with E-state index in [1.807, 2.05) is 12.1 Å². The van der Waals surface area contributed by atoms with E-state index in [2.05, 4.69) is 15.3 Å². The highest BCUT2D eigenvalue weighted by molar-refractivity contribution is 6.30. The highest BCUT2D eigenvalue weighted by Crippen LogP contribution is 2.24. The fourth-order valence-corrected chi connectivity index (χ4v) is 1.82. The van der Waals surface area contributed by atoms with Crippen LogP contribution in [0.5, 0.6) is 0 Å². The Morgan fingerprint density at radius 2 is 2.10 bits per heavy atom. The zero-order chi connectivity index (χ0) is 13.9. The standard InChI is InChI=1S/C13H11ClN4O2/c14-10-3-1-9(2-4-10)11-7-16-13(20-11)17-12-8-15-5-6-18(12)19/h1-5,7-8,19H,6H2,(H,16,17). The third-order valence-corrected chi connectivity index (χ3v) is 2.96. The zero-order valence-corrected chi connectivity index (χ0v) is 11.1. The summed E-state index contributed by atoms with van der Waals surface area (Å²) in [4.78, 5) is 8.05. The van der Waals surface area contributed by atoms with Crippen molar-refractivity contribution in [3.63, 3.8) is 0 Å². The summed E-state index contributed by atoms with van der Waals surface area (Å²) in [7, 11) is 0. The molecule has 0 bridgehead atoms. The van der Waals surface area contributed by atoms with Crippen molar-refractivity contribution >= 4 is 23.8 Å². The summed E-state index contributed by atoms with van der Waals surface area (Å²) < 4.78 is 5.56. The summed E-state index contributed by atoms with van der Waals surface area (Å²) in [6, 6.07) is 7.52. The molecule has 1 aromatic heterocycles. The average molecular weight is 291 g/mol. The maximum Gasteiger partial charge on any atom is 0.300 e. The van der Waals surface area contributed by atoms with E-state index >= 15 is 0 Å². The first-order chi connectivity index (χ1) is 9.72. The summed E-state index contributed by atoms with van der Waals surface area (Å²) in [6.07, 6.45) is 4.66. The van der Waals surface area contributed by atoms with Crippen LogP contribution in [-0.2, 0) is 0 Å². The fourth-order valence-electron chi connectivity index (χ4n) is 1.70. The molecule has 6 nitrogen and oxygen atoms in total. The van der Waals surface area contributed by atoms with E-state index in [0.29, 0.717) is 23.1 Å². The first-order valence-electron chi connectivity index (χ1n) is 5.89. The van der Waals surface area contributed by atoms with E-state index in [9.17, 15) is 5.21 Å². The van der Waals surface area contributed by atoms with Crippen LogP contribution >= 0.6 is 11.6 Å². The van der Waals surface area contributed by atoms with Crippen molar-refractivity contribution in [1.82, 2.24) is 10.0 Å². The molecule has 0 atom stereocenters. The predicted octanol–water partition coefficient (Wildman–Crippen LogP) is 2.98. The number of aliphatic imine (C=N–C) groups is 1. The lowest BCUT2D eigenvalue weighted by Gasteiger charge is -2.19. The number of hydrogen-bond donors (Lipinski definition) is 2. The van der Waals surface area contributed by atoms with Crippen LogP contribution in [-0.4, -0.2) is 28.0 Å². The van der Waals surface area contributed by atoms with E-state index in [1.165, 1.54) is 6.20 Å². The molecule has 0 amide bonds. The lowest BCUT2D eigenvalue weighted by Crippen LogP contribution is -2.27. The van der Waals surface area contributed by atoms with Gasteiger partial charge in [0.25, 0.3) is 0 Å². The Morgan fingerprint density at radius 3 is 2.85 bits per heavy atom. The number of anilines is 1. The van der Waals surface area contributed by atoms with Crippen molar-refractivity contribution < 1.29 is 9.62 Å². The Kier molecular flexibility index (Phi) is 3.41. The quantitative estimate of drug-likeness (QED) is 0.909. The minimum atomic E-state index is 0.275. The number of aromatic nitrogens is 1. The molecular weight excluding hydrogens is 280 g/mol. The van der Waals surface area contributed by atoms with Crippen LogP contribution in [0.4, 0.5) is 6.01 Å². The molecule has 1 aliphatic rings. The fraction of sp³-hybridized carbons (Fsp3) is 0.0769. The van der Waals surface area contributed by atoms with Gasteiger partial charge in [0.15, 0.2) is 11.6 Å². The summed E-state index contributed by atoms with van der Waals surface area (Å²) in [6.45, 7) is 0.309. The number of halogens is 1. The number of benzene rings is 1. The smallest absolute Gasteiger partial charge is 0.300 e. The van der Waals surface area contributed by atoms with Crippen LogP contribution in [0.15, 0.2) is 51.9 Å². The van der Waals surface area contributed by atoms with Crippen LogP contribution in [0.3, 0.4) is 0 Å². The lowest BCUT2D eigenvalue weighted by molar-refractivity contribution is -0.0391. The number of nitrogens with one attached hydrogen (secondary N) is 1. The molecule has 2 heterocycles. The van der Waals surface area contributed by atoms with E-state index in [4.69, 9.17) is 16.0 Å². The third kappa shape index (κ3) is 2.66. The van der Waals surface area contributed by atoms with Gasteiger partial charge in [0.05, 0.1) is 18.9 Å². The van der Waals surface area contributed by atoms with Crippen molar-refractivity contribution in [2.45, 2.75) is 0 Å². The summed E-state index contributed by atoms with van der Waals surface area (Å²) in [5, 5.41) is 14.1. The summed E-state index contributed by atoms with van der Waals surface area (Å²) in [5.41, 5.74) is 0.867. The van der Waals surface area contributed by atoms with E-state index in [0.717, 1.165) is 10.6 Å². The number of rotatable bonds is 3. The highest BCUT2D eigenvalue weighted by atomic mass is 35.5. The molecule has 3 rings (SSSR count). The first kappa shape index (κ1) is 12.7. The Balaban J connectivity index is 1.78. The van der Waals surface area contributed by atoms with Crippen LogP contribution < -0.4 is 5.32 Å². The van der Waals surface area contributed by atoms with Gasteiger partial charge in [-0.15, -0.1) is 0 Å². The summed E-state index contributed by atoms with van der Waals surface area (Å²) in [5.74, 6) is 1.01. The predicted molar refractivity (Wildman–Crippen MR) is 75.6 cm³/mol. The third-order valence-electron chi connectivity index (χ3n) is 2.70. The molecule has 1 aliphatic heterocycles. The molecule has 0 saturated carbocycles. The van der Waals surface area contributed by atoms with Crippen LogP contribution in [0.1, 0.15) is 0 Å². The second kappa shape index (κ2) is 5.36. The average Bonchev–Trinajstić information content (AvgIpc) is 2.91. The van der Waals surface area contributed by atoms with Gasteiger partial charge in [-0.2, -0.15) is 0 Å². The largest absolute Gasteiger partial charge is 0.423 e. The molecule has 0 radical (unpaired) electrons. The van der Waals surface area contributed by atoms with Gasteiger partial charge in [-0.1, -0.05) is 11.6 Å². The lowest BCUT2D eigenvalue weighted by atomic mass is 10.2. The van der Waals surface area contributed by atoms with Crippen LogP contribution in [0, 0.1) is 0 Å². The number of oxazole rings is 1. The van der Waals surface area contributed by atoms with Gasteiger partial charge < -0.3 is 4.42 Å². The Hall–Kier alpha value is -2.31. The molecule has 20 heavy (non-hydrogen) atoms. The molecule has 2 aromatic rings. The van der Waals surface area contributed by atoms with Crippen molar-refractivity contribution in [2.75, 3.05) is 11.9 Å². The van der Waals surface area contributed by atoms with Crippen molar-refractivity contribution in [3.8, 4) is 11.3 Å². The number of hydroxylamine groups is 2. The van der Waals surface area contributed by atoms with Gasteiger partial charge in [-0.05, 0) is 24.3 Å². The number of hydrogen-bond acceptors (Lipinski definition) is 6. The van der Waals surface area contributed by atoms with Gasteiger partial charge >= 0.3 is 6.01 Å². The van der Waals surface area contributed by atoms with E-state index in [1.54, 1.807) is 24.5 Å². The van der Waals surface area contributed by atoms with Gasteiger partial charge in [0, 0.05) is 16.8 Å². The Labute approximate surface area is 120 Å². The monoisotopic (exact) mass is 290 g/mol. The molecule has 1 aromatic carbocycles. The van der Waals surface area contributed by atoms with Crippen molar-refractivity contribution in [3.05, 3.63) is 47.5 Å². The van der Waals surface area contributed by atoms with Gasteiger partial charge in [0.2, 0.25) is 0 Å². The van der Waals surface area contributed by atoms with Gasteiger partial charge in [0.1, 0.15) is 0 Å². The topological polar surface area (TPSA) is 73.9 Å². The second-order valence-corrected chi connectivity index (χ2v) is 4.53. The number of nitrogens with zero attached hydrogens (tertiary/aromatic N) is 3. The minimum Gasteiger partial charge on any atom is -0.423 e. The first-order valence-corrected chi connectivity index (χ1v) is 6.27. The van der Waals surface area contributed by atoms with Crippen molar-refractivity contribution in [2.24, 2.45) is 4.99 Å². The molecule has 0 saturated heterocycles. The molecular formula is C13H11ClN4O2. The molecule has 0 unspecified atom stereocenters. The van der Waals surface area contributed by atoms with Crippen molar-refractivity contribution in [1.29, 1.82) is 0 Å². The SMILES string of the molecule is ON1CC=NC=C1Nc1ncc(-c2ccc(Cl)cc2)o1.